The monoisotopic (exact) mass is 461 g/mol. The molecule has 0 saturated carbocycles. The van der Waals surface area contributed by atoms with Gasteiger partial charge in [0, 0.05) is 25.9 Å². The molecule has 4 rings (SSSR count). The van der Waals surface area contributed by atoms with Crippen molar-refractivity contribution in [1.82, 2.24) is 9.21 Å². The van der Waals surface area contributed by atoms with Crippen molar-refractivity contribution in [3.63, 3.8) is 0 Å². The van der Waals surface area contributed by atoms with Crippen LogP contribution in [-0.4, -0.2) is 67.3 Å². The van der Waals surface area contributed by atoms with E-state index in [9.17, 15) is 13.2 Å². The Kier molecular flexibility index (Phi) is 5.96. The second-order valence-corrected chi connectivity index (χ2v) is 11.0. The average Bonchev–Trinajstić information content (AvgIpc) is 3.12. The molecule has 8 nitrogen and oxygen atoms in total. The number of carbonyl (C=O) groups excluding carboxylic acids is 1. The molecular formula is C21H23N3O5S2. The SMILES string of the molecule is CC1CN(C(=O)C2COc3ccccc3O2)C(=Nc2cccc(S(=O)(=O)N(C)C)c2)S1. The number of ether oxygens (including phenoxy) is 2. The number of rotatable bonds is 4. The highest BCUT2D eigenvalue weighted by Crippen LogP contribution is 2.34. The Morgan fingerprint density at radius 1 is 1.16 bits per heavy atom. The maximum atomic E-state index is 13.2. The van der Waals surface area contributed by atoms with Crippen LogP contribution in [0.2, 0.25) is 0 Å². The van der Waals surface area contributed by atoms with Gasteiger partial charge in [-0.25, -0.2) is 17.7 Å². The number of fused-ring (bicyclic) bond motifs is 1. The van der Waals surface area contributed by atoms with Crippen LogP contribution >= 0.6 is 11.8 Å². The van der Waals surface area contributed by atoms with Crippen molar-refractivity contribution < 1.29 is 22.7 Å². The van der Waals surface area contributed by atoms with Gasteiger partial charge in [0.05, 0.1) is 10.6 Å². The van der Waals surface area contributed by atoms with Gasteiger partial charge in [-0.2, -0.15) is 0 Å². The van der Waals surface area contributed by atoms with Crippen LogP contribution in [0, 0.1) is 0 Å². The minimum atomic E-state index is -3.58. The lowest BCUT2D eigenvalue weighted by molar-refractivity contribution is -0.136. The first kappa shape index (κ1) is 21.7. The van der Waals surface area contributed by atoms with Crippen molar-refractivity contribution in [1.29, 1.82) is 0 Å². The summed E-state index contributed by atoms with van der Waals surface area (Å²) in [6.45, 7) is 2.61. The maximum Gasteiger partial charge on any atom is 0.273 e. The zero-order valence-corrected chi connectivity index (χ0v) is 19.0. The molecule has 10 heteroatoms. The minimum Gasteiger partial charge on any atom is -0.485 e. The number of sulfonamides is 1. The minimum absolute atomic E-state index is 0.120. The van der Waals surface area contributed by atoms with Gasteiger partial charge in [-0.3, -0.25) is 9.69 Å². The fraction of sp³-hybridized carbons (Fsp3) is 0.333. The van der Waals surface area contributed by atoms with E-state index in [1.54, 1.807) is 29.2 Å². The van der Waals surface area contributed by atoms with Crippen molar-refractivity contribution in [2.75, 3.05) is 27.2 Å². The predicted octanol–water partition coefficient (Wildman–Crippen LogP) is 2.73. The molecule has 164 valence electrons. The Morgan fingerprint density at radius 2 is 1.90 bits per heavy atom. The van der Waals surface area contributed by atoms with E-state index in [4.69, 9.17) is 9.47 Å². The summed E-state index contributed by atoms with van der Waals surface area (Å²) in [5.41, 5.74) is 0.462. The van der Waals surface area contributed by atoms with Crippen LogP contribution in [0.1, 0.15) is 6.92 Å². The van der Waals surface area contributed by atoms with Crippen molar-refractivity contribution >= 4 is 38.5 Å². The molecule has 2 aliphatic rings. The van der Waals surface area contributed by atoms with E-state index in [0.29, 0.717) is 28.9 Å². The first-order chi connectivity index (χ1) is 14.8. The molecule has 1 saturated heterocycles. The lowest BCUT2D eigenvalue weighted by atomic mass is 10.2. The van der Waals surface area contributed by atoms with Crippen LogP contribution in [0.15, 0.2) is 58.4 Å². The van der Waals surface area contributed by atoms with Crippen LogP contribution in [0.25, 0.3) is 0 Å². The van der Waals surface area contributed by atoms with Crippen molar-refractivity contribution in [2.24, 2.45) is 4.99 Å². The lowest BCUT2D eigenvalue weighted by Gasteiger charge is -2.28. The lowest BCUT2D eigenvalue weighted by Crippen LogP contribution is -2.47. The summed E-state index contributed by atoms with van der Waals surface area (Å²) in [5, 5.41) is 0.660. The van der Waals surface area contributed by atoms with E-state index in [1.165, 1.54) is 38.0 Å². The third kappa shape index (κ3) is 4.41. The number of hydrogen-bond acceptors (Lipinski definition) is 7. The molecule has 2 atom stereocenters. The van der Waals surface area contributed by atoms with E-state index in [1.807, 2.05) is 19.1 Å². The molecule has 0 spiro atoms. The Labute approximate surface area is 185 Å². The molecule has 0 N–H and O–H groups in total. The van der Waals surface area contributed by atoms with Gasteiger partial charge in [-0.1, -0.05) is 36.9 Å². The highest BCUT2D eigenvalue weighted by Gasteiger charge is 2.38. The van der Waals surface area contributed by atoms with Gasteiger partial charge in [-0.15, -0.1) is 0 Å². The molecule has 0 bridgehead atoms. The van der Waals surface area contributed by atoms with Gasteiger partial charge in [0.1, 0.15) is 6.61 Å². The summed E-state index contributed by atoms with van der Waals surface area (Å²) in [7, 11) is -0.620. The number of amidine groups is 1. The molecule has 2 unspecified atom stereocenters. The molecule has 0 aromatic heterocycles. The fourth-order valence-electron chi connectivity index (χ4n) is 3.24. The number of amides is 1. The number of hydrogen-bond donors (Lipinski definition) is 0. The first-order valence-electron chi connectivity index (χ1n) is 9.73. The molecule has 1 amide bonds. The molecule has 2 aromatic carbocycles. The number of aliphatic imine (C=N–C) groups is 1. The molecular weight excluding hydrogens is 438 g/mol. The number of thioether (sulfide) groups is 1. The summed E-state index contributed by atoms with van der Waals surface area (Å²) >= 11 is 1.46. The molecule has 1 fully saturated rings. The van der Waals surface area contributed by atoms with Gasteiger partial charge >= 0.3 is 0 Å². The normalized spacial score (nSPS) is 22.2. The highest BCUT2D eigenvalue weighted by molar-refractivity contribution is 8.14. The van der Waals surface area contributed by atoms with Gasteiger partial charge in [0.2, 0.25) is 16.1 Å². The molecule has 0 aliphatic carbocycles. The zero-order chi connectivity index (χ0) is 22.2. The van der Waals surface area contributed by atoms with Gasteiger partial charge in [-0.05, 0) is 30.3 Å². The second kappa shape index (κ2) is 8.52. The summed E-state index contributed by atoms with van der Waals surface area (Å²) in [5.74, 6) is 0.915. The van der Waals surface area contributed by atoms with Crippen LogP contribution in [-0.2, 0) is 14.8 Å². The van der Waals surface area contributed by atoms with E-state index in [-0.39, 0.29) is 22.7 Å². The average molecular weight is 462 g/mol. The maximum absolute atomic E-state index is 13.2. The van der Waals surface area contributed by atoms with E-state index < -0.39 is 16.1 Å². The van der Waals surface area contributed by atoms with Gasteiger partial charge in [0.15, 0.2) is 16.7 Å². The number of benzene rings is 2. The Hall–Kier alpha value is -2.56. The standard InChI is InChI=1S/C21H23N3O5S2/c1-14-12-24(20(25)19-13-28-17-9-4-5-10-18(17)29-19)21(30-14)22-15-7-6-8-16(11-15)31(26,27)23(2)3/h4-11,14,19H,12-13H2,1-3H3. The summed E-state index contributed by atoms with van der Waals surface area (Å²) < 4.78 is 37.6. The predicted molar refractivity (Wildman–Crippen MR) is 120 cm³/mol. The van der Waals surface area contributed by atoms with Crippen LogP contribution < -0.4 is 9.47 Å². The van der Waals surface area contributed by atoms with Crippen LogP contribution in [0.4, 0.5) is 5.69 Å². The second-order valence-electron chi connectivity index (χ2n) is 7.42. The van der Waals surface area contributed by atoms with E-state index in [0.717, 1.165) is 4.31 Å². The highest BCUT2D eigenvalue weighted by atomic mass is 32.2. The van der Waals surface area contributed by atoms with Gasteiger partial charge < -0.3 is 9.47 Å². The Bertz CT molecular complexity index is 1130. The summed E-state index contributed by atoms with van der Waals surface area (Å²) in [6.07, 6.45) is -0.772. The van der Waals surface area contributed by atoms with Crippen molar-refractivity contribution in [3.8, 4) is 11.5 Å². The van der Waals surface area contributed by atoms with Crippen LogP contribution in [0.3, 0.4) is 0 Å². The molecule has 0 radical (unpaired) electrons. The zero-order valence-electron chi connectivity index (χ0n) is 17.4. The molecule has 2 aromatic rings. The Balaban J connectivity index is 1.59. The number of nitrogens with zero attached hydrogens (tertiary/aromatic N) is 3. The van der Waals surface area contributed by atoms with Gasteiger partial charge in [0.25, 0.3) is 5.91 Å². The first-order valence-corrected chi connectivity index (χ1v) is 12.1. The summed E-state index contributed by atoms with van der Waals surface area (Å²) in [4.78, 5) is 19.5. The van der Waals surface area contributed by atoms with Crippen molar-refractivity contribution in [3.05, 3.63) is 48.5 Å². The fourth-order valence-corrected chi connectivity index (χ4v) is 5.21. The molecule has 2 aliphatic heterocycles. The van der Waals surface area contributed by atoms with E-state index >= 15 is 0 Å². The smallest absolute Gasteiger partial charge is 0.273 e. The molecule has 2 heterocycles. The third-order valence-electron chi connectivity index (χ3n) is 4.85. The van der Waals surface area contributed by atoms with E-state index in [2.05, 4.69) is 4.99 Å². The number of carbonyl (C=O) groups is 1. The largest absolute Gasteiger partial charge is 0.485 e. The topological polar surface area (TPSA) is 88.5 Å². The quantitative estimate of drug-likeness (QED) is 0.696. The third-order valence-corrected chi connectivity index (χ3v) is 7.73. The summed E-state index contributed by atoms with van der Waals surface area (Å²) in [6, 6.07) is 13.6. The molecule has 31 heavy (non-hydrogen) atoms. The number of para-hydroxylation sites is 2. The van der Waals surface area contributed by atoms with Crippen molar-refractivity contribution in [2.45, 2.75) is 23.2 Å². The Morgan fingerprint density at radius 3 is 2.65 bits per heavy atom. The van der Waals surface area contributed by atoms with Crippen LogP contribution in [0.5, 0.6) is 11.5 Å².